The Hall–Kier alpha value is -0.590. The Morgan fingerprint density at radius 2 is 1.93 bits per heavy atom. The zero-order chi connectivity index (χ0) is 11.7. The Balaban J connectivity index is 0.000000336. The van der Waals surface area contributed by atoms with E-state index in [-0.39, 0.29) is 0 Å². The zero-order valence-corrected chi connectivity index (χ0v) is 9.39. The maximum absolute atomic E-state index is 8.60. The summed E-state index contributed by atoms with van der Waals surface area (Å²) in [6, 6.07) is 0. The third-order valence-electron chi connectivity index (χ3n) is 1.68. The standard InChI is InChI=1S/C9H15N.ClHO4/c1-2-3-7-10-8-5-4-6-9-10;2-1(3,4)5/h4-6,8H,2-3,7,9H2,1H3;(H,2,3,4,5). The molecule has 6 heteroatoms. The van der Waals surface area contributed by atoms with Crippen molar-refractivity contribution in [1.82, 2.24) is 4.90 Å². The average molecular weight is 238 g/mol. The van der Waals surface area contributed by atoms with Gasteiger partial charge >= 0.3 is 0 Å². The molecule has 0 unspecified atom stereocenters. The summed E-state index contributed by atoms with van der Waals surface area (Å²) < 4.78 is 32.7. The molecule has 0 aromatic rings. The maximum atomic E-state index is 8.60. The first-order valence-corrected chi connectivity index (χ1v) is 5.90. The number of halogens is 1. The van der Waals surface area contributed by atoms with Crippen molar-refractivity contribution in [2.45, 2.75) is 19.8 Å². The van der Waals surface area contributed by atoms with Crippen molar-refractivity contribution in [3.05, 3.63) is 24.4 Å². The fourth-order valence-electron chi connectivity index (χ4n) is 1.03. The smallest absolute Gasteiger partial charge is 0.0777 e. The van der Waals surface area contributed by atoms with Gasteiger partial charge in [-0.05, 0) is 18.7 Å². The minimum atomic E-state index is -4.69. The van der Waals surface area contributed by atoms with Crippen molar-refractivity contribution in [3.63, 3.8) is 0 Å². The molecule has 0 amide bonds. The number of allylic oxidation sites excluding steroid dienone is 2. The highest BCUT2D eigenvalue weighted by Gasteiger charge is 1.98. The van der Waals surface area contributed by atoms with Crippen molar-refractivity contribution in [2.75, 3.05) is 13.1 Å². The van der Waals surface area contributed by atoms with Gasteiger partial charge in [0.05, 0.1) is 14.9 Å². The van der Waals surface area contributed by atoms with Gasteiger partial charge in [0.25, 0.3) is 0 Å². The summed E-state index contributed by atoms with van der Waals surface area (Å²) >= 11 is 0. The molecule has 15 heavy (non-hydrogen) atoms. The summed E-state index contributed by atoms with van der Waals surface area (Å²) in [4.78, 5) is 2.34. The number of rotatable bonds is 3. The van der Waals surface area contributed by atoms with Crippen LogP contribution in [0.2, 0.25) is 0 Å². The quantitative estimate of drug-likeness (QED) is 0.616. The van der Waals surface area contributed by atoms with E-state index >= 15 is 0 Å². The van der Waals surface area contributed by atoms with Crippen molar-refractivity contribution in [1.29, 1.82) is 0 Å². The molecule has 0 saturated heterocycles. The van der Waals surface area contributed by atoms with Crippen LogP contribution in [0.4, 0.5) is 0 Å². The second-order valence-corrected chi connectivity index (χ2v) is 3.81. The molecule has 0 aromatic heterocycles. The maximum Gasteiger partial charge on any atom is 0.0777 e. The predicted octanol–water partition coefficient (Wildman–Crippen LogP) is -1.95. The van der Waals surface area contributed by atoms with Gasteiger partial charge in [-0.3, -0.25) is 0 Å². The fourth-order valence-corrected chi connectivity index (χ4v) is 1.03. The SMILES string of the molecule is CCCCN1C=CC=CC1.[O-][Cl+3]([O-])([O-])O. The summed E-state index contributed by atoms with van der Waals surface area (Å²) in [6.45, 7) is 4.53. The molecule has 0 radical (unpaired) electrons. The first-order valence-electron chi connectivity index (χ1n) is 4.64. The van der Waals surface area contributed by atoms with E-state index in [2.05, 4.69) is 36.3 Å². The summed E-state index contributed by atoms with van der Waals surface area (Å²) in [7, 11) is -4.69. The first-order chi connectivity index (χ1) is 6.93. The first kappa shape index (κ1) is 14.4. The highest BCUT2D eigenvalue weighted by molar-refractivity contribution is 5.08. The molecule has 0 aliphatic carbocycles. The van der Waals surface area contributed by atoms with E-state index in [1.54, 1.807) is 0 Å². The van der Waals surface area contributed by atoms with Crippen LogP contribution in [0.5, 0.6) is 0 Å². The van der Waals surface area contributed by atoms with Gasteiger partial charge in [-0.25, -0.2) is 0 Å². The average Bonchev–Trinajstić information content (AvgIpc) is 2.14. The topological polar surface area (TPSA) is 92.7 Å². The Morgan fingerprint density at radius 1 is 1.33 bits per heavy atom. The van der Waals surface area contributed by atoms with Crippen LogP contribution in [0.3, 0.4) is 0 Å². The lowest BCUT2D eigenvalue weighted by atomic mass is 10.3. The van der Waals surface area contributed by atoms with E-state index in [9.17, 15) is 0 Å². The van der Waals surface area contributed by atoms with E-state index < -0.39 is 10.2 Å². The molecule has 0 spiro atoms. The Labute approximate surface area is 91.7 Å². The van der Waals surface area contributed by atoms with Crippen LogP contribution in [-0.4, -0.2) is 22.6 Å². The predicted molar refractivity (Wildman–Crippen MR) is 47.0 cm³/mol. The van der Waals surface area contributed by atoms with Crippen LogP contribution in [0, 0.1) is 10.2 Å². The van der Waals surface area contributed by atoms with E-state index in [4.69, 9.17) is 18.6 Å². The molecule has 88 valence electrons. The molecule has 0 atom stereocenters. The third-order valence-corrected chi connectivity index (χ3v) is 1.68. The lowest BCUT2D eigenvalue weighted by Gasteiger charge is -2.19. The minimum absolute atomic E-state index is 1.09. The fraction of sp³-hybridized carbons (Fsp3) is 0.556. The summed E-state index contributed by atoms with van der Waals surface area (Å²) in [5, 5.41) is 0. The Bertz CT molecular complexity index is 207. The lowest BCUT2D eigenvalue weighted by Crippen LogP contribution is -2.58. The molecule has 0 aromatic carbocycles. The van der Waals surface area contributed by atoms with E-state index in [0.29, 0.717) is 0 Å². The molecular formula is C9H16ClNO4. The number of nitrogens with zero attached hydrogens (tertiary/aromatic N) is 1. The molecule has 1 N–H and O–H groups in total. The van der Waals surface area contributed by atoms with Gasteiger partial charge in [-0.15, -0.1) is 0 Å². The summed E-state index contributed by atoms with van der Waals surface area (Å²) in [5.74, 6) is 0. The molecule has 1 aliphatic rings. The number of unbranched alkanes of at least 4 members (excludes halogenated alkanes) is 1. The normalized spacial score (nSPS) is 14.9. The molecule has 5 nitrogen and oxygen atoms in total. The van der Waals surface area contributed by atoms with Gasteiger partial charge in [-0.2, -0.15) is 14.0 Å². The molecule has 1 aliphatic heterocycles. The van der Waals surface area contributed by atoms with Gasteiger partial charge in [0, 0.05) is 13.1 Å². The number of hydrogen-bond acceptors (Lipinski definition) is 5. The van der Waals surface area contributed by atoms with Crippen LogP contribution in [0.25, 0.3) is 0 Å². The monoisotopic (exact) mass is 237 g/mol. The Morgan fingerprint density at radius 3 is 2.33 bits per heavy atom. The molecule has 0 bridgehead atoms. The molecule has 1 rings (SSSR count). The van der Waals surface area contributed by atoms with Crippen LogP contribution >= 0.6 is 0 Å². The van der Waals surface area contributed by atoms with Crippen LogP contribution in [0.15, 0.2) is 24.4 Å². The second kappa shape index (κ2) is 7.67. The van der Waals surface area contributed by atoms with Gasteiger partial charge in [0.1, 0.15) is 0 Å². The largest absolute Gasteiger partial charge is 0.374 e. The van der Waals surface area contributed by atoms with Gasteiger partial charge in [0.2, 0.25) is 0 Å². The van der Waals surface area contributed by atoms with Crippen molar-refractivity contribution >= 4 is 0 Å². The molecule has 0 fully saturated rings. The zero-order valence-electron chi connectivity index (χ0n) is 8.63. The van der Waals surface area contributed by atoms with E-state index in [1.807, 2.05) is 0 Å². The van der Waals surface area contributed by atoms with Crippen LogP contribution in [0.1, 0.15) is 19.8 Å². The van der Waals surface area contributed by atoms with Crippen LogP contribution < -0.4 is 14.0 Å². The molecular weight excluding hydrogens is 222 g/mol. The summed E-state index contributed by atoms with van der Waals surface area (Å²) in [5.41, 5.74) is 0. The van der Waals surface area contributed by atoms with Gasteiger partial charge in [-0.1, -0.05) is 25.5 Å². The van der Waals surface area contributed by atoms with Crippen molar-refractivity contribution < 1.29 is 28.9 Å². The lowest BCUT2D eigenvalue weighted by molar-refractivity contribution is -1.92. The van der Waals surface area contributed by atoms with Gasteiger partial charge < -0.3 is 4.90 Å². The van der Waals surface area contributed by atoms with Crippen molar-refractivity contribution in [2.24, 2.45) is 0 Å². The van der Waals surface area contributed by atoms with E-state index in [0.717, 1.165) is 6.54 Å². The second-order valence-electron chi connectivity index (χ2n) is 3.01. The third kappa shape index (κ3) is 13.4. The minimum Gasteiger partial charge on any atom is -0.374 e. The Kier molecular flexibility index (Phi) is 7.37. The summed E-state index contributed by atoms with van der Waals surface area (Å²) in [6.07, 6.45) is 11.1. The molecule has 1 heterocycles. The molecule has 0 saturated carbocycles. The van der Waals surface area contributed by atoms with E-state index in [1.165, 1.54) is 19.4 Å². The van der Waals surface area contributed by atoms with Crippen LogP contribution in [-0.2, 0) is 0 Å². The van der Waals surface area contributed by atoms with Gasteiger partial charge in [0.15, 0.2) is 0 Å². The van der Waals surface area contributed by atoms with Crippen molar-refractivity contribution in [3.8, 4) is 0 Å². The number of hydrogen-bond donors (Lipinski definition) is 1. The highest BCUT2D eigenvalue weighted by Crippen LogP contribution is 2.00. The highest BCUT2D eigenvalue weighted by atomic mass is 35.7.